The topological polar surface area (TPSA) is 41.2 Å². The number of aromatic nitrogens is 2. The summed E-state index contributed by atoms with van der Waals surface area (Å²) in [5.74, 6) is 0. The lowest BCUT2D eigenvalue weighted by Gasteiger charge is -2.26. The molecule has 0 unspecified atom stereocenters. The van der Waals surface area contributed by atoms with Crippen LogP contribution in [0.3, 0.4) is 0 Å². The number of benzene rings is 2. The second kappa shape index (κ2) is 6.99. The summed E-state index contributed by atoms with van der Waals surface area (Å²) >= 11 is 0. The first-order chi connectivity index (χ1) is 11.9. The monoisotopic (exact) mass is 319 g/mol. The van der Waals surface area contributed by atoms with Crippen LogP contribution in [0.4, 0.5) is 0 Å². The average molecular weight is 319 g/mol. The molecule has 1 fully saturated rings. The molecule has 4 nitrogen and oxygen atoms in total. The van der Waals surface area contributed by atoms with E-state index in [2.05, 4.69) is 57.6 Å². The summed E-state index contributed by atoms with van der Waals surface area (Å²) in [5.41, 5.74) is 4.58. The Labute approximate surface area is 141 Å². The second-order valence-corrected chi connectivity index (χ2v) is 6.12. The number of nitrogens with one attached hydrogen (secondary N) is 1. The van der Waals surface area contributed by atoms with E-state index in [-0.39, 0.29) is 0 Å². The lowest BCUT2D eigenvalue weighted by Crippen LogP contribution is -2.35. The molecule has 1 aliphatic heterocycles. The van der Waals surface area contributed by atoms with Gasteiger partial charge < -0.3 is 4.74 Å². The number of ether oxygens (including phenoxy) is 1. The molecule has 0 aliphatic carbocycles. The van der Waals surface area contributed by atoms with E-state index < -0.39 is 0 Å². The molecule has 1 aliphatic rings. The second-order valence-electron chi connectivity index (χ2n) is 6.12. The number of rotatable bonds is 4. The van der Waals surface area contributed by atoms with E-state index in [0.717, 1.165) is 49.4 Å². The Hall–Kier alpha value is -2.43. The maximum Gasteiger partial charge on any atom is 0.0927 e. The van der Waals surface area contributed by atoms with Crippen LogP contribution >= 0.6 is 0 Å². The Bertz CT molecular complexity index is 829. The highest BCUT2D eigenvalue weighted by Crippen LogP contribution is 2.18. The van der Waals surface area contributed by atoms with Gasteiger partial charge in [0.1, 0.15) is 0 Å². The van der Waals surface area contributed by atoms with Gasteiger partial charge in [-0.3, -0.25) is 10.00 Å². The van der Waals surface area contributed by atoms with Crippen LogP contribution in [0.2, 0.25) is 0 Å². The first kappa shape index (κ1) is 15.1. The number of para-hydroxylation sites is 1. The fourth-order valence-corrected chi connectivity index (χ4v) is 3.04. The Kier molecular flexibility index (Phi) is 4.40. The van der Waals surface area contributed by atoms with Gasteiger partial charge >= 0.3 is 0 Å². The number of hydrogen-bond acceptors (Lipinski definition) is 3. The molecule has 122 valence electrons. The molecule has 3 aromatic rings. The third-order valence-corrected chi connectivity index (χ3v) is 4.42. The summed E-state index contributed by atoms with van der Waals surface area (Å²) in [4.78, 5) is 2.43. The highest BCUT2D eigenvalue weighted by Gasteiger charge is 2.10. The van der Waals surface area contributed by atoms with E-state index in [1.807, 2.05) is 18.2 Å². The van der Waals surface area contributed by atoms with Gasteiger partial charge in [0.25, 0.3) is 0 Å². The molecule has 4 heteroatoms. The fraction of sp³-hybridized carbons (Fsp3) is 0.250. The first-order valence-electron chi connectivity index (χ1n) is 8.39. The molecule has 0 spiro atoms. The lowest BCUT2D eigenvalue weighted by molar-refractivity contribution is 0.0342. The van der Waals surface area contributed by atoms with E-state index in [4.69, 9.17) is 4.74 Å². The minimum Gasteiger partial charge on any atom is -0.379 e. The molecule has 0 atom stereocenters. The quantitative estimate of drug-likeness (QED) is 0.799. The van der Waals surface area contributed by atoms with Crippen molar-refractivity contribution in [2.45, 2.75) is 6.54 Å². The minimum atomic E-state index is 0.846. The van der Waals surface area contributed by atoms with Gasteiger partial charge in [-0.1, -0.05) is 48.5 Å². The fourth-order valence-electron chi connectivity index (χ4n) is 3.04. The highest BCUT2D eigenvalue weighted by atomic mass is 16.5. The van der Waals surface area contributed by atoms with Crippen molar-refractivity contribution in [3.05, 3.63) is 65.4 Å². The Morgan fingerprint density at radius 2 is 1.79 bits per heavy atom. The predicted octanol–water partition coefficient (Wildman–Crippen LogP) is 3.57. The molecular formula is C20H21N3O. The highest BCUT2D eigenvalue weighted by molar-refractivity contribution is 5.89. The smallest absolute Gasteiger partial charge is 0.0927 e. The van der Waals surface area contributed by atoms with Crippen LogP contribution in [-0.2, 0) is 11.3 Å². The summed E-state index contributed by atoms with van der Waals surface area (Å²) in [6, 6.07) is 16.9. The van der Waals surface area contributed by atoms with E-state index in [9.17, 15) is 0 Å². The number of aromatic amines is 1. The zero-order chi connectivity index (χ0) is 16.2. The van der Waals surface area contributed by atoms with Crippen molar-refractivity contribution in [1.82, 2.24) is 15.1 Å². The number of hydrogen-bond donors (Lipinski definition) is 1. The van der Waals surface area contributed by atoms with Crippen LogP contribution in [-0.4, -0.2) is 41.4 Å². The third kappa shape index (κ3) is 3.40. The molecule has 24 heavy (non-hydrogen) atoms. The summed E-state index contributed by atoms with van der Waals surface area (Å²) in [6.07, 6.45) is 4.18. The maximum absolute atomic E-state index is 5.40. The molecule has 2 aromatic carbocycles. The maximum atomic E-state index is 5.40. The molecule has 1 N–H and O–H groups in total. The average Bonchev–Trinajstić information content (AvgIpc) is 3.05. The number of morpholine rings is 1. The molecule has 0 radical (unpaired) electrons. The van der Waals surface area contributed by atoms with Crippen molar-refractivity contribution in [2.24, 2.45) is 0 Å². The van der Waals surface area contributed by atoms with Gasteiger partial charge in [-0.25, -0.2) is 0 Å². The molecule has 4 rings (SSSR count). The molecule has 0 bridgehead atoms. The van der Waals surface area contributed by atoms with Crippen LogP contribution in [0.15, 0.2) is 48.5 Å². The summed E-state index contributed by atoms with van der Waals surface area (Å²) in [6.45, 7) is 4.73. The zero-order valence-corrected chi connectivity index (χ0v) is 13.6. The lowest BCUT2D eigenvalue weighted by atomic mass is 10.1. The standard InChI is InChI=1S/C20H21N3O/c1-2-4-19-18(3-1)20(22-21-19)10-9-16-5-7-17(8-6-16)15-23-11-13-24-14-12-23/h1-10H,11-15H2,(H,21,22). The van der Waals surface area contributed by atoms with E-state index in [1.165, 1.54) is 11.1 Å². The number of nitrogens with zero attached hydrogens (tertiary/aromatic N) is 2. The van der Waals surface area contributed by atoms with Crippen LogP contribution in [0.5, 0.6) is 0 Å². The molecule has 1 aromatic heterocycles. The summed E-state index contributed by atoms with van der Waals surface area (Å²) in [5, 5.41) is 8.59. The van der Waals surface area contributed by atoms with Crippen LogP contribution < -0.4 is 0 Å². The number of fused-ring (bicyclic) bond motifs is 1. The van der Waals surface area contributed by atoms with Crippen LogP contribution in [0.1, 0.15) is 16.8 Å². The van der Waals surface area contributed by atoms with Crippen LogP contribution in [0.25, 0.3) is 23.1 Å². The van der Waals surface area contributed by atoms with Crippen LogP contribution in [0, 0.1) is 0 Å². The van der Waals surface area contributed by atoms with Crippen molar-refractivity contribution in [3.8, 4) is 0 Å². The Morgan fingerprint density at radius 1 is 1.00 bits per heavy atom. The van der Waals surface area contributed by atoms with E-state index >= 15 is 0 Å². The molecule has 0 saturated carbocycles. The molecule has 2 heterocycles. The molecule has 1 saturated heterocycles. The van der Waals surface area contributed by atoms with E-state index in [0.29, 0.717) is 0 Å². The normalized spacial score (nSPS) is 16.2. The number of H-pyrrole nitrogens is 1. The summed E-state index contributed by atoms with van der Waals surface area (Å²) in [7, 11) is 0. The largest absolute Gasteiger partial charge is 0.379 e. The Balaban J connectivity index is 1.45. The van der Waals surface area contributed by atoms with Gasteiger partial charge in [-0.05, 0) is 23.3 Å². The molecule has 0 amide bonds. The van der Waals surface area contributed by atoms with Gasteiger partial charge in [0.05, 0.1) is 24.4 Å². The van der Waals surface area contributed by atoms with Gasteiger partial charge in [-0.2, -0.15) is 5.10 Å². The predicted molar refractivity (Wildman–Crippen MR) is 97.6 cm³/mol. The Morgan fingerprint density at radius 3 is 2.62 bits per heavy atom. The van der Waals surface area contributed by atoms with Crippen molar-refractivity contribution >= 4 is 23.1 Å². The van der Waals surface area contributed by atoms with Gasteiger partial charge in [0.2, 0.25) is 0 Å². The van der Waals surface area contributed by atoms with Crippen molar-refractivity contribution in [1.29, 1.82) is 0 Å². The van der Waals surface area contributed by atoms with Gasteiger partial charge in [-0.15, -0.1) is 0 Å². The summed E-state index contributed by atoms with van der Waals surface area (Å²) < 4.78 is 5.40. The molecular weight excluding hydrogens is 298 g/mol. The SMILES string of the molecule is C(=Cc1n[nH]c2ccccc12)c1ccc(CN2CCOCC2)cc1. The first-order valence-corrected chi connectivity index (χ1v) is 8.39. The van der Waals surface area contributed by atoms with Crippen molar-refractivity contribution < 1.29 is 4.74 Å². The zero-order valence-electron chi connectivity index (χ0n) is 13.6. The van der Waals surface area contributed by atoms with Gasteiger partial charge in [0.15, 0.2) is 0 Å². The van der Waals surface area contributed by atoms with Gasteiger partial charge in [0, 0.05) is 25.0 Å². The third-order valence-electron chi connectivity index (χ3n) is 4.42. The van der Waals surface area contributed by atoms with Crippen molar-refractivity contribution in [2.75, 3.05) is 26.3 Å². The van der Waals surface area contributed by atoms with Crippen molar-refractivity contribution in [3.63, 3.8) is 0 Å². The van der Waals surface area contributed by atoms with E-state index in [1.54, 1.807) is 0 Å². The minimum absolute atomic E-state index is 0.846.